The van der Waals surface area contributed by atoms with Crippen LogP contribution >= 0.6 is 0 Å². The van der Waals surface area contributed by atoms with E-state index in [1.54, 1.807) is 37.3 Å². The number of hydrogen-bond acceptors (Lipinski definition) is 6. The molecule has 0 spiro atoms. The highest BCUT2D eigenvalue weighted by molar-refractivity contribution is 7.92. The number of sulfonamides is 1. The fourth-order valence-electron chi connectivity index (χ4n) is 3.58. The number of fused-ring (bicyclic) bond motifs is 1. The molecule has 174 valence electrons. The van der Waals surface area contributed by atoms with Crippen molar-refractivity contribution in [3.8, 4) is 11.4 Å². The van der Waals surface area contributed by atoms with E-state index in [0.717, 1.165) is 0 Å². The standard InChI is InChI=1S/C24H22N4O5S/c1-15-25-21-7-5-4-6-20(21)24(30)28(15)18-10-13-22(23(14-18)33-3)27-34(31,32)19-11-8-17(9-12-19)26-16(2)29/h4-14,27H,1-3H3,(H,26,29). The van der Waals surface area contributed by atoms with Crippen LogP contribution in [0.15, 0.2) is 76.4 Å². The number of nitrogens with zero attached hydrogens (tertiary/aromatic N) is 2. The molecule has 0 saturated carbocycles. The van der Waals surface area contributed by atoms with E-state index in [0.29, 0.717) is 28.1 Å². The lowest BCUT2D eigenvalue weighted by Crippen LogP contribution is -2.22. The molecule has 0 saturated heterocycles. The summed E-state index contributed by atoms with van der Waals surface area (Å²) in [7, 11) is -2.53. The smallest absolute Gasteiger partial charge is 0.265 e. The van der Waals surface area contributed by atoms with Crippen LogP contribution in [-0.4, -0.2) is 31.0 Å². The maximum atomic E-state index is 13.1. The monoisotopic (exact) mass is 478 g/mol. The van der Waals surface area contributed by atoms with E-state index in [-0.39, 0.29) is 27.8 Å². The van der Waals surface area contributed by atoms with Crippen molar-refractivity contribution in [2.24, 2.45) is 0 Å². The number of aromatic nitrogens is 2. The van der Waals surface area contributed by atoms with Crippen LogP contribution in [-0.2, 0) is 14.8 Å². The van der Waals surface area contributed by atoms with Gasteiger partial charge in [-0.05, 0) is 55.5 Å². The molecule has 0 unspecified atom stereocenters. The normalized spacial score (nSPS) is 11.3. The molecular formula is C24H22N4O5S. The van der Waals surface area contributed by atoms with Gasteiger partial charge in [-0.25, -0.2) is 13.4 Å². The van der Waals surface area contributed by atoms with Gasteiger partial charge in [0.1, 0.15) is 11.6 Å². The van der Waals surface area contributed by atoms with E-state index in [1.807, 2.05) is 6.07 Å². The molecule has 4 rings (SSSR count). The SMILES string of the molecule is COc1cc(-n2c(C)nc3ccccc3c2=O)ccc1NS(=O)(=O)c1ccc(NC(C)=O)cc1. The van der Waals surface area contributed by atoms with Crippen LogP contribution in [0, 0.1) is 6.92 Å². The predicted octanol–water partition coefficient (Wildman–Crippen LogP) is 3.46. The molecule has 4 aromatic rings. The minimum atomic E-state index is -3.94. The number of anilines is 2. The lowest BCUT2D eigenvalue weighted by Gasteiger charge is -2.16. The number of methoxy groups -OCH3 is 1. The van der Waals surface area contributed by atoms with E-state index in [4.69, 9.17) is 4.74 Å². The number of ether oxygens (including phenoxy) is 1. The summed E-state index contributed by atoms with van der Waals surface area (Å²) < 4.78 is 35.2. The number of hydrogen-bond donors (Lipinski definition) is 2. The largest absolute Gasteiger partial charge is 0.494 e. The summed E-state index contributed by atoms with van der Waals surface area (Å²) in [6, 6.07) is 17.5. The summed E-state index contributed by atoms with van der Waals surface area (Å²) in [5.41, 5.74) is 1.54. The van der Waals surface area contributed by atoms with Gasteiger partial charge in [0.05, 0.1) is 34.3 Å². The highest BCUT2D eigenvalue weighted by atomic mass is 32.2. The van der Waals surface area contributed by atoms with E-state index >= 15 is 0 Å². The summed E-state index contributed by atoms with van der Waals surface area (Å²) in [4.78, 5) is 28.8. The molecule has 34 heavy (non-hydrogen) atoms. The topological polar surface area (TPSA) is 119 Å². The Labute approximate surface area is 196 Å². The summed E-state index contributed by atoms with van der Waals surface area (Å²) in [6.45, 7) is 3.09. The number of amides is 1. The summed E-state index contributed by atoms with van der Waals surface area (Å²) in [6.07, 6.45) is 0. The molecule has 0 aliphatic heterocycles. The number of nitrogens with one attached hydrogen (secondary N) is 2. The van der Waals surface area contributed by atoms with Crippen molar-refractivity contribution in [1.29, 1.82) is 0 Å². The molecule has 9 nitrogen and oxygen atoms in total. The quantitative estimate of drug-likeness (QED) is 0.438. The number of aryl methyl sites for hydroxylation is 1. The van der Waals surface area contributed by atoms with E-state index < -0.39 is 10.0 Å². The Bertz CT molecular complexity index is 1560. The van der Waals surface area contributed by atoms with Crippen molar-refractivity contribution in [1.82, 2.24) is 9.55 Å². The van der Waals surface area contributed by atoms with Gasteiger partial charge in [0.15, 0.2) is 0 Å². The highest BCUT2D eigenvalue weighted by Gasteiger charge is 2.18. The molecule has 0 atom stereocenters. The van der Waals surface area contributed by atoms with Gasteiger partial charge in [-0.2, -0.15) is 0 Å². The lowest BCUT2D eigenvalue weighted by atomic mass is 10.2. The summed E-state index contributed by atoms with van der Waals surface area (Å²) in [5.74, 6) is 0.461. The average Bonchev–Trinajstić information content (AvgIpc) is 2.79. The molecule has 1 aromatic heterocycles. The molecular weight excluding hydrogens is 456 g/mol. The first-order valence-corrected chi connectivity index (χ1v) is 11.8. The third-order valence-corrected chi connectivity index (χ3v) is 6.50. The summed E-state index contributed by atoms with van der Waals surface area (Å²) >= 11 is 0. The Kier molecular flexibility index (Phi) is 6.08. The minimum absolute atomic E-state index is 0.0125. The minimum Gasteiger partial charge on any atom is -0.494 e. The summed E-state index contributed by atoms with van der Waals surface area (Å²) in [5, 5.41) is 3.06. The van der Waals surface area contributed by atoms with Crippen molar-refractivity contribution in [2.45, 2.75) is 18.7 Å². The molecule has 2 N–H and O–H groups in total. The fourth-order valence-corrected chi connectivity index (χ4v) is 4.65. The molecule has 1 heterocycles. The second-order valence-electron chi connectivity index (χ2n) is 7.51. The van der Waals surface area contributed by atoms with Crippen molar-refractivity contribution < 1.29 is 17.9 Å². The molecule has 10 heteroatoms. The van der Waals surface area contributed by atoms with Crippen molar-refractivity contribution in [3.63, 3.8) is 0 Å². The average molecular weight is 479 g/mol. The van der Waals surface area contributed by atoms with Gasteiger partial charge in [-0.1, -0.05) is 12.1 Å². The predicted molar refractivity (Wildman–Crippen MR) is 130 cm³/mol. The number of benzene rings is 3. The second-order valence-corrected chi connectivity index (χ2v) is 9.19. The van der Waals surface area contributed by atoms with Gasteiger partial charge in [0.25, 0.3) is 15.6 Å². The molecule has 0 bridgehead atoms. The maximum Gasteiger partial charge on any atom is 0.265 e. The third kappa shape index (κ3) is 4.48. The van der Waals surface area contributed by atoms with Crippen LogP contribution < -0.4 is 20.3 Å². The van der Waals surface area contributed by atoms with Crippen LogP contribution in [0.25, 0.3) is 16.6 Å². The maximum absolute atomic E-state index is 13.1. The van der Waals surface area contributed by atoms with Crippen molar-refractivity contribution in [2.75, 3.05) is 17.1 Å². The van der Waals surface area contributed by atoms with Gasteiger partial charge in [-0.15, -0.1) is 0 Å². The van der Waals surface area contributed by atoms with Gasteiger partial charge >= 0.3 is 0 Å². The molecule has 3 aromatic carbocycles. The van der Waals surface area contributed by atoms with Gasteiger partial charge < -0.3 is 10.1 Å². The van der Waals surface area contributed by atoms with Gasteiger partial charge in [0, 0.05) is 18.7 Å². The zero-order valence-corrected chi connectivity index (χ0v) is 19.5. The molecule has 0 radical (unpaired) electrons. The molecule has 0 aliphatic carbocycles. The van der Waals surface area contributed by atoms with Crippen molar-refractivity contribution in [3.05, 3.63) is 82.9 Å². The Hall–Kier alpha value is -4.18. The Morgan fingerprint density at radius 2 is 1.74 bits per heavy atom. The fraction of sp³-hybridized carbons (Fsp3) is 0.125. The first kappa shape index (κ1) is 23.0. The Morgan fingerprint density at radius 1 is 1.03 bits per heavy atom. The number of rotatable bonds is 6. The van der Waals surface area contributed by atoms with Crippen LogP contribution in [0.1, 0.15) is 12.7 Å². The van der Waals surface area contributed by atoms with Crippen LogP contribution in [0.3, 0.4) is 0 Å². The Morgan fingerprint density at radius 3 is 2.41 bits per heavy atom. The zero-order valence-electron chi connectivity index (χ0n) is 18.7. The van der Waals surface area contributed by atoms with E-state index in [9.17, 15) is 18.0 Å². The molecule has 1 amide bonds. The highest BCUT2D eigenvalue weighted by Crippen LogP contribution is 2.30. The van der Waals surface area contributed by atoms with Crippen molar-refractivity contribution >= 4 is 38.2 Å². The van der Waals surface area contributed by atoms with E-state index in [2.05, 4.69) is 15.0 Å². The van der Waals surface area contributed by atoms with Gasteiger partial charge in [-0.3, -0.25) is 18.9 Å². The zero-order chi connectivity index (χ0) is 24.5. The first-order chi connectivity index (χ1) is 16.2. The number of carbonyl (C=O) groups excluding carboxylic acids is 1. The molecule has 0 fully saturated rings. The third-order valence-electron chi connectivity index (χ3n) is 5.12. The number of para-hydroxylation sites is 1. The van der Waals surface area contributed by atoms with Crippen LogP contribution in [0.5, 0.6) is 5.75 Å². The second kappa shape index (κ2) is 8.99. The lowest BCUT2D eigenvalue weighted by molar-refractivity contribution is -0.114. The Balaban J connectivity index is 1.69. The van der Waals surface area contributed by atoms with Crippen LogP contribution in [0.4, 0.5) is 11.4 Å². The number of carbonyl (C=O) groups is 1. The molecule has 0 aliphatic rings. The first-order valence-electron chi connectivity index (χ1n) is 10.3. The van der Waals surface area contributed by atoms with Crippen LogP contribution in [0.2, 0.25) is 0 Å². The van der Waals surface area contributed by atoms with E-state index in [1.165, 1.54) is 48.9 Å². The van der Waals surface area contributed by atoms with Gasteiger partial charge in [0.2, 0.25) is 5.91 Å².